The van der Waals surface area contributed by atoms with Gasteiger partial charge in [-0.3, -0.25) is 4.79 Å². The molecule has 1 aliphatic rings. The Bertz CT molecular complexity index is 694. The first-order valence-electron chi connectivity index (χ1n) is 8.66. The lowest BCUT2D eigenvalue weighted by Crippen LogP contribution is -2.24. The van der Waals surface area contributed by atoms with Crippen LogP contribution in [0.1, 0.15) is 53.1 Å². The fourth-order valence-corrected chi connectivity index (χ4v) is 3.68. The molecular formula is C21H24O3. The van der Waals surface area contributed by atoms with E-state index in [0.29, 0.717) is 36.0 Å². The Kier molecular flexibility index (Phi) is 5.19. The highest BCUT2D eigenvalue weighted by molar-refractivity contribution is 5.84. The predicted molar refractivity (Wildman–Crippen MR) is 94.9 cm³/mol. The third-order valence-corrected chi connectivity index (χ3v) is 5.09. The Hall–Kier alpha value is -2.29. The van der Waals surface area contributed by atoms with Gasteiger partial charge in [-0.05, 0) is 48.8 Å². The third-order valence-electron chi connectivity index (χ3n) is 5.09. The first-order chi connectivity index (χ1) is 11.7. The van der Waals surface area contributed by atoms with Crippen LogP contribution in [0.2, 0.25) is 0 Å². The molecule has 1 N–H and O–H groups in total. The van der Waals surface area contributed by atoms with Crippen molar-refractivity contribution in [3.05, 3.63) is 59.2 Å². The second-order valence-electron chi connectivity index (χ2n) is 6.63. The van der Waals surface area contributed by atoms with Crippen LogP contribution < -0.4 is 4.74 Å². The minimum absolute atomic E-state index is 0.0192. The number of carbonyl (C=O) groups is 1. The van der Waals surface area contributed by atoms with Crippen molar-refractivity contribution in [1.82, 2.24) is 0 Å². The van der Waals surface area contributed by atoms with Crippen molar-refractivity contribution in [2.24, 2.45) is 5.92 Å². The van der Waals surface area contributed by atoms with Crippen LogP contribution in [0.4, 0.5) is 0 Å². The summed E-state index contributed by atoms with van der Waals surface area (Å²) in [5.41, 5.74) is 2.31. The van der Waals surface area contributed by atoms with Gasteiger partial charge in [0.2, 0.25) is 0 Å². The van der Waals surface area contributed by atoms with E-state index in [9.17, 15) is 9.90 Å². The van der Waals surface area contributed by atoms with Crippen molar-refractivity contribution in [2.75, 3.05) is 6.61 Å². The molecule has 24 heavy (non-hydrogen) atoms. The van der Waals surface area contributed by atoms with E-state index in [1.807, 2.05) is 6.07 Å². The van der Waals surface area contributed by atoms with Crippen LogP contribution >= 0.6 is 0 Å². The molecule has 1 fully saturated rings. The number of aryl methyl sites for hydroxylation is 1. The van der Waals surface area contributed by atoms with Gasteiger partial charge < -0.3 is 9.84 Å². The molecule has 0 aromatic heterocycles. The summed E-state index contributed by atoms with van der Waals surface area (Å²) >= 11 is 0. The number of phenols is 1. The second kappa shape index (κ2) is 7.52. The molecule has 2 atom stereocenters. The molecule has 3 rings (SSSR count). The van der Waals surface area contributed by atoms with Crippen LogP contribution in [0.5, 0.6) is 11.5 Å². The fourth-order valence-electron chi connectivity index (χ4n) is 3.68. The Morgan fingerprint density at radius 3 is 2.62 bits per heavy atom. The highest BCUT2D eigenvalue weighted by Gasteiger charge is 2.27. The molecule has 2 aromatic carbocycles. The Morgan fingerprint density at radius 1 is 1.12 bits per heavy atom. The second-order valence-corrected chi connectivity index (χ2v) is 6.63. The summed E-state index contributed by atoms with van der Waals surface area (Å²) in [5, 5.41) is 10.0. The number of rotatable bonds is 5. The van der Waals surface area contributed by atoms with E-state index < -0.39 is 0 Å². The van der Waals surface area contributed by atoms with Crippen LogP contribution in [-0.4, -0.2) is 18.0 Å². The molecule has 0 radical (unpaired) electrons. The van der Waals surface area contributed by atoms with E-state index in [1.54, 1.807) is 19.1 Å². The van der Waals surface area contributed by atoms with Gasteiger partial charge in [0, 0.05) is 0 Å². The average molecular weight is 324 g/mol. The molecule has 0 spiro atoms. The van der Waals surface area contributed by atoms with Crippen molar-refractivity contribution < 1.29 is 14.6 Å². The van der Waals surface area contributed by atoms with Gasteiger partial charge in [0.1, 0.15) is 11.5 Å². The normalized spacial score (nSPS) is 20.5. The first kappa shape index (κ1) is 16.6. The molecule has 3 heteroatoms. The zero-order valence-corrected chi connectivity index (χ0v) is 14.1. The van der Waals surface area contributed by atoms with E-state index in [0.717, 1.165) is 6.42 Å². The predicted octanol–water partition coefficient (Wildman–Crippen LogP) is 4.87. The summed E-state index contributed by atoms with van der Waals surface area (Å²) < 4.78 is 5.96. The zero-order chi connectivity index (χ0) is 16.9. The molecule has 1 saturated carbocycles. The van der Waals surface area contributed by atoms with Crippen molar-refractivity contribution in [3.63, 3.8) is 0 Å². The maximum Gasteiger partial charge on any atom is 0.157 e. The maximum absolute atomic E-state index is 11.3. The van der Waals surface area contributed by atoms with Gasteiger partial charge in [-0.1, -0.05) is 49.2 Å². The van der Waals surface area contributed by atoms with Crippen molar-refractivity contribution in [1.29, 1.82) is 0 Å². The van der Waals surface area contributed by atoms with Crippen molar-refractivity contribution >= 4 is 6.29 Å². The smallest absolute Gasteiger partial charge is 0.157 e. The van der Waals surface area contributed by atoms with E-state index in [1.165, 1.54) is 24.8 Å². The number of ether oxygens (including phenoxy) is 1. The Morgan fingerprint density at radius 2 is 1.88 bits per heavy atom. The standard InChI is InChI=1S/C21H24O3/c1-15-11-12-20(19(13-22)21(15)23)24-14-17-9-5-6-10-18(17)16-7-3-2-4-8-16/h2-4,7-8,11-13,17-18,23H,5-6,9-10,14H2,1H3. The Labute approximate surface area is 143 Å². The van der Waals surface area contributed by atoms with Crippen molar-refractivity contribution in [3.8, 4) is 11.5 Å². The summed E-state index contributed by atoms with van der Waals surface area (Å²) in [6.45, 7) is 2.35. The molecule has 2 unspecified atom stereocenters. The zero-order valence-electron chi connectivity index (χ0n) is 14.1. The van der Waals surface area contributed by atoms with E-state index >= 15 is 0 Å². The maximum atomic E-state index is 11.3. The number of aldehydes is 1. The SMILES string of the molecule is Cc1ccc(OCC2CCCCC2c2ccccc2)c(C=O)c1O. The first-order valence-corrected chi connectivity index (χ1v) is 8.66. The van der Waals surface area contributed by atoms with E-state index in [4.69, 9.17) is 4.74 Å². The highest BCUT2D eigenvalue weighted by Crippen LogP contribution is 2.38. The third kappa shape index (κ3) is 3.45. The molecule has 2 aromatic rings. The molecule has 0 bridgehead atoms. The monoisotopic (exact) mass is 324 g/mol. The number of carbonyl (C=O) groups excluding carboxylic acids is 1. The van der Waals surface area contributed by atoms with Crippen LogP contribution in [0.3, 0.4) is 0 Å². The van der Waals surface area contributed by atoms with Crippen LogP contribution in [0, 0.1) is 12.8 Å². The highest BCUT2D eigenvalue weighted by atomic mass is 16.5. The molecule has 1 aliphatic carbocycles. The molecule has 0 amide bonds. The number of aromatic hydroxyl groups is 1. The lowest BCUT2D eigenvalue weighted by atomic mass is 9.76. The number of hydrogen-bond acceptors (Lipinski definition) is 3. The van der Waals surface area contributed by atoms with Gasteiger partial charge in [0.25, 0.3) is 0 Å². The van der Waals surface area contributed by atoms with Gasteiger partial charge in [-0.15, -0.1) is 0 Å². The number of benzene rings is 2. The van der Waals surface area contributed by atoms with Gasteiger partial charge >= 0.3 is 0 Å². The number of hydrogen-bond donors (Lipinski definition) is 1. The van der Waals surface area contributed by atoms with Crippen LogP contribution in [-0.2, 0) is 0 Å². The average Bonchev–Trinajstić information content (AvgIpc) is 2.63. The number of phenolic OH excluding ortho intramolecular Hbond substituents is 1. The minimum atomic E-state index is 0.0192. The van der Waals surface area contributed by atoms with Crippen LogP contribution in [0.15, 0.2) is 42.5 Å². The van der Waals surface area contributed by atoms with Crippen molar-refractivity contribution in [2.45, 2.75) is 38.5 Å². The molecular weight excluding hydrogens is 300 g/mol. The molecule has 126 valence electrons. The summed E-state index contributed by atoms with van der Waals surface area (Å²) in [6, 6.07) is 14.2. The summed E-state index contributed by atoms with van der Waals surface area (Å²) in [5.74, 6) is 1.43. The topological polar surface area (TPSA) is 46.5 Å². The van der Waals surface area contributed by atoms with E-state index in [-0.39, 0.29) is 11.3 Å². The summed E-state index contributed by atoms with van der Waals surface area (Å²) in [6.07, 6.45) is 5.46. The fraction of sp³-hybridized carbons (Fsp3) is 0.381. The summed E-state index contributed by atoms with van der Waals surface area (Å²) in [4.78, 5) is 11.3. The largest absolute Gasteiger partial charge is 0.507 e. The molecule has 0 saturated heterocycles. The van der Waals surface area contributed by atoms with Gasteiger partial charge in [0.05, 0.1) is 12.2 Å². The summed E-state index contributed by atoms with van der Waals surface area (Å²) in [7, 11) is 0. The minimum Gasteiger partial charge on any atom is -0.507 e. The van der Waals surface area contributed by atoms with Gasteiger partial charge in [0.15, 0.2) is 6.29 Å². The quantitative estimate of drug-likeness (QED) is 0.798. The van der Waals surface area contributed by atoms with E-state index in [2.05, 4.69) is 24.3 Å². The van der Waals surface area contributed by atoms with Gasteiger partial charge in [-0.25, -0.2) is 0 Å². The Balaban J connectivity index is 1.75. The van der Waals surface area contributed by atoms with Gasteiger partial charge in [-0.2, -0.15) is 0 Å². The molecule has 0 heterocycles. The lowest BCUT2D eigenvalue weighted by molar-refractivity contribution is 0.111. The van der Waals surface area contributed by atoms with Crippen LogP contribution in [0.25, 0.3) is 0 Å². The molecule has 3 nitrogen and oxygen atoms in total. The lowest BCUT2D eigenvalue weighted by Gasteiger charge is -2.32. The molecule has 0 aliphatic heterocycles.